The van der Waals surface area contributed by atoms with Gasteiger partial charge in [0, 0.05) is 43.8 Å². The number of anilines is 1. The van der Waals surface area contributed by atoms with E-state index in [1.165, 1.54) is 5.56 Å². The molecule has 0 radical (unpaired) electrons. The molecule has 5 nitrogen and oxygen atoms in total. The summed E-state index contributed by atoms with van der Waals surface area (Å²) in [6.45, 7) is 8.25. The number of piperazine rings is 1. The van der Waals surface area contributed by atoms with Crippen LogP contribution in [-0.2, 0) is 6.54 Å². The Bertz CT molecular complexity index is 769. The summed E-state index contributed by atoms with van der Waals surface area (Å²) in [5, 5.41) is 9.71. The van der Waals surface area contributed by atoms with Gasteiger partial charge in [-0.2, -0.15) is 0 Å². The number of aromatic nitrogens is 1. The summed E-state index contributed by atoms with van der Waals surface area (Å²) < 4.78 is 0. The van der Waals surface area contributed by atoms with E-state index in [4.69, 9.17) is 0 Å². The number of rotatable bonds is 5. The van der Waals surface area contributed by atoms with Crippen LogP contribution in [0.4, 0.5) is 5.82 Å². The molecule has 26 heavy (non-hydrogen) atoms. The van der Waals surface area contributed by atoms with E-state index in [0.717, 1.165) is 43.2 Å². The Morgan fingerprint density at radius 3 is 2.38 bits per heavy atom. The second kappa shape index (κ2) is 8.10. The van der Waals surface area contributed by atoms with E-state index in [2.05, 4.69) is 39.5 Å². The van der Waals surface area contributed by atoms with E-state index in [0.29, 0.717) is 11.4 Å². The van der Waals surface area contributed by atoms with Crippen molar-refractivity contribution < 1.29 is 9.90 Å². The summed E-state index contributed by atoms with van der Waals surface area (Å²) in [6, 6.07) is 10.0. The molecule has 0 spiro atoms. The minimum absolute atomic E-state index is 0.152. The Labute approximate surface area is 160 Å². The van der Waals surface area contributed by atoms with Gasteiger partial charge in [0.15, 0.2) is 0 Å². The Kier molecular flexibility index (Phi) is 5.84. The fourth-order valence-corrected chi connectivity index (χ4v) is 3.53. The highest BCUT2D eigenvalue weighted by molar-refractivity contribution is 7.80. The largest absolute Gasteiger partial charge is 0.478 e. The fraction of sp³-hybridized carbons (Fsp3) is 0.400. The number of aromatic carboxylic acids is 1. The number of benzene rings is 1. The second-order valence-corrected chi connectivity index (χ2v) is 7.50. The molecular weight excluding hydrogens is 346 g/mol. The van der Waals surface area contributed by atoms with E-state index in [-0.39, 0.29) is 5.92 Å². The standard InChI is InChI=1S/C20H25N3O2S/c1-14(2)17-7-8-21-19(18(17)20(24)25)23-11-9-22(10-12-23)13-15-3-5-16(26)6-4-15/h3-8,14,26H,9-13H2,1-2H3,(H,24,25). The van der Waals surface area contributed by atoms with Gasteiger partial charge in [-0.1, -0.05) is 26.0 Å². The van der Waals surface area contributed by atoms with Gasteiger partial charge in [0.2, 0.25) is 0 Å². The summed E-state index contributed by atoms with van der Waals surface area (Å²) in [6.07, 6.45) is 1.72. The molecule has 3 rings (SSSR count). The van der Waals surface area contributed by atoms with Gasteiger partial charge in [0.25, 0.3) is 0 Å². The second-order valence-electron chi connectivity index (χ2n) is 6.99. The molecule has 1 saturated heterocycles. The first-order valence-corrected chi connectivity index (χ1v) is 9.38. The normalized spacial score (nSPS) is 15.5. The van der Waals surface area contributed by atoms with Crippen LogP contribution in [0.15, 0.2) is 41.4 Å². The molecular formula is C20H25N3O2S. The van der Waals surface area contributed by atoms with E-state index in [1.807, 2.05) is 32.0 Å². The maximum absolute atomic E-state index is 11.8. The van der Waals surface area contributed by atoms with Crippen LogP contribution in [0.1, 0.15) is 41.3 Å². The lowest BCUT2D eigenvalue weighted by molar-refractivity contribution is 0.0695. The molecule has 6 heteroatoms. The van der Waals surface area contributed by atoms with Crippen LogP contribution in [-0.4, -0.2) is 47.1 Å². The molecule has 2 heterocycles. The van der Waals surface area contributed by atoms with Gasteiger partial charge in [-0.25, -0.2) is 9.78 Å². The highest BCUT2D eigenvalue weighted by atomic mass is 32.1. The Hall–Kier alpha value is -2.05. The van der Waals surface area contributed by atoms with Gasteiger partial charge in [0.05, 0.1) is 0 Å². The molecule has 0 amide bonds. The first-order chi connectivity index (χ1) is 12.5. The van der Waals surface area contributed by atoms with Gasteiger partial charge in [-0.05, 0) is 35.2 Å². The molecule has 1 N–H and O–H groups in total. The van der Waals surface area contributed by atoms with Crippen molar-refractivity contribution in [3.8, 4) is 0 Å². The average Bonchev–Trinajstić information content (AvgIpc) is 2.63. The maximum atomic E-state index is 11.8. The molecule has 1 aromatic carbocycles. The molecule has 1 fully saturated rings. The molecule has 1 aromatic heterocycles. The Balaban J connectivity index is 1.71. The zero-order valence-electron chi connectivity index (χ0n) is 15.2. The minimum atomic E-state index is -0.897. The molecule has 0 saturated carbocycles. The molecule has 1 aliphatic rings. The monoisotopic (exact) mass is 371 g/mol. The highest BCUT2D eigenvalue weighted by Crippen LogP contribution is 2.27. The van der Waals surface area contributed by atoms with Crippen LogP contribution < -0.4 is 4.90 Å². The smallest absolute Gasteiger partial charge is 0.339 e. The fourth-order valence-electron chi connectivity index (χ4n) is 3.38. The quantitative estimate of drug-likeness (QED) is 0.788. The van der Waals surface area contributed by atoms with E-state index in [9.17, 15) is 9.90 Å². The van der Waals surface area contributed by atoms with Crippen molar-refractivity contribution in [2.75, 3.05) is 31.1 Å². The first kappa shape index (κ1) is 18.7. The van der Waals surface area contributed by atoms with Gasteiger partial charge in [-0.3, -0.25) is 4.90 Å². The van der Waals surface area contributed by atoms with Crippen LogP contribution in [0.25, 0.3) is 0 Å². The average molecular weight is 372 g/mol. The predicted octanol–water partition coefficient (Wildman–Crippen LogP) is 3.51. The van der Waals surface area contributed by atoms with Crippen molar-refractivity contribution in [3.63, 3.8) is 0 Å². The molecule has 0 atom stereocenters. The summed E-state index contributed by atoms with van der Waals surface area (Å²) >= 11 is 4.32. The van der Waals surface area contributed by atoms with Crippen LogP contribution in [0, 0.1) is 0 Å². The molecule has 0 unspecified atom stereocenters. The zero-order chi connectivity index (χ0) is 18.7. The number of hydrogen-bond donors (Lipinski definition) is 2. The van der Waals surface area contributed by atoms with Crippen molar-refractivity contribution in [2.24, 2.45) is 0 Å². The van der Waals surface area contributed by atoms with E-state index in [1.54, 1.807) is 6.20 Å². The number of nitrogens with zero attached hydrogens (tertiary/aromatic N) is 3. The molecule has 0 bridgehead atoms. The number of carbonyl (C=O) groups is 1. The lowest BCUT2D eigenvalue weighted by atomic mass is 9.98. The van der Waals surface area contributed by atoms with Gasteiger partial charge >= 0.3 is 5.97 Å². The lowest BCUT2D eigenvalue weighted by Gasteiger charge is -2.36. The van der Waals surface area contributed by atoms with Crippen LogP contribution in [0.3, 0.4) is 0 Å². The van der Waals surface area contributed by atoms with E-state index < -0.39 is 5.97 Å². The Morgan fingerprint density at radius 2 is 1.81 bits per heavy atom. The van der Waals surface area contributed by atoms with Gasteiger partial charge < -0.3 is 10.0 Å². The summed E-state index contributed by atoms with van der Waals surface area (Å²) in [4.78, 5) is 21.7. The summed E-state index contributed by atoms with van der Waals surface area (Å²) in [5.41, 5.74) is 2.46. The van der Waals surface area contributed by atoms with Gasteiger partial charge in [0.1, 0.15) is 11.4 Å². The third-order valence-electron chi connectivity index (χ3n) is 4.81. The summed E-state index contributed by atoms with van der Waals surface area (Å²) in [5.74, 6) is -0.146. The third kappa shape index (κ3) is 4.19. The molecule has 0 aliphatic carbocycles. The SMILES string of the molecule is CC(C)c1ccnc(N2CCN(Cc3ccc(S)cc3)CC2)c1C(=O)O. The predicted molar refractivity (Wildman–Crippen MR) is 106 cm³/mol. The van der Waals surface area contributed by atoms with Crippen LogP contribution >= 0.6 is 12.6 Å². The highest BCUT2D eigenvalue weighted by Gasteiger charge is 2.25. The maximum Gasteiger partial charge on any atom is 0.339 e. The van der Waals surface area contributed by atoms with Crippen molar-refractivity contribution in [3.05, 3.63) is 53.2 Å². The van der Waals surface area contributed by atoms with Gasteiger partial charge in [-0.15, -0.1) is 12.6 Å². The van der Waals surface area contributed by atoms with Crippen LogP contribution in [0.2, 0.25) is 0 Å². The number of carboxylic acid groups (broad SMARTS) is 1. The number of carboxylic acids is 1. The summed E-state index contributed by atoms with van der Waals surface area (Å²) in [7, 11) is 0. The number of pyridine rings is 1. The van der Waals surface area contributed by atoms with Crippen molar-refractivity contribution in [1.29, 1.82) is 0 Å². The lowest BCUT2D eigenvalue weighted by Crippen LogP contribution is -2.46. The van der Waals surface area contributed by atoms with Crippen molar-refractivity contribution in [2.45, 2.75) is 31.2 Å². The van der Waals surface area contributed by atoms with Crippen LogP contribution in [0.5, 0.6) is 0 Å². The van der Waals surface area contributed by atoms with E-state index >= 15 is 0 Å². The minimum Gasteiger partial charge on any atom is -0.478 e. The zero-order valence-corrected chi connectivity index (χ0v) is 16.1. The molecule has 1 aliphatic heterocycles. The number of thiol groups is 1. The number of hydrogen-bond acceptors (Lipinski definition) is 5. The van der Waals surface area contributed by atoms with Crippen molar-refractivity contribution >= 4 is 24.4 Å². The Morgan fingerprint density at radius 1 is 1.15 bits per heavy atom. The third-order valence-corrected chi connectivity index (χ3v) is 5.11. The first-order valence-electron chi connectivity index (χ1n) is 8.93. The topological polar surface area (TPSA) is 56.7 Å². The van der Waals surface area contributed by atoms with Crippen molar-refractivity contribution in [1.82, 2.24) is 9.88 Å². The molecule has 138 valence electrons. The molecule has 2 aromatic rings.